The normalized spacial score (nSPS) is 10.8. The second-order valence-corrected chi connectivity index (χ2v) is 4.96. The summed E-state index contributed by atoms with van der Waals surface area (Å²) < 4.78 is 5.30. The van der Waals surface area contributed by atoms with E-state index in [1.54, 1.807) is 14.0 Å². The van der Waals surface area contributed by atoms with E-state index in [-0.39, 0.29) is 0 Å². The summed E-state index contributed by atoms with van der Waals surface area (Å²) in [6, 6.07) is 10.1. The van der Waals surface area contributed by atoms with E-state index < -0.39 is 5.41 Å². The lowest BCUT2D eigenvalue weighted by Gasteiger charge is -2.17. The van der Waals surface area contributed by atoms with E-state index in [2.05, 4.69) is 26.0 Å². The molecule has 0 unspecified atom stereocenters. The van der Waals surface area contributed by atoms with Crippen molar-refractivity contribution in [2.45, 2.75) is 33.1 Å². The number of benzene rings is 1. The molecule has 0 aromatic heterocycles. The van der Waals surface area contributed by atoms with Crippen molar-refractivity contribution in [1.82, 2.24) is 0 Å². The number of ether oxygens (including phenoxy) is 1. The van der Waals surface area contributed by atoms with Gasteiger partial charge in [-0.05, 0) is 30.0 Å². The molecule has 0 amide bonds. The maximum atomic E-state index is 9.08. The molecule has 94 valence electrons. The van der Waals surface area contributed by atoms with Crippen LogP contribution in [0.1, 0.15) is 37.8 Å². The predicted octanol–water partition coefficient (Wildman–Crippen LogP) is 3.41. The molecular formula is C15H18N2O. The average Bonchev–Trinajstić information content (AvgIpc) is 2.38. The molecule has 1 aromatic carbocycles. The Morgan fingerprint density at radius 3 is 2.33 bits per heavy atom. The smallest absolute Gasteiger partial charge is 0.145 e. The minimum Gasteiger partial charge on any atom is -0.496 e. The van der Waals surface area contributed by atoms with Crippen molar-refractivity contribution in [2.24, 2.45) is 5.41 Å². The molecule has 3 heteroatoms. The van der Waals surface area contributed by atoms with E-state index >= 15 is 0 Å². The maximum absolute atomic E-state index is 9.08. The molecule has 0 radical (unpaired) electrons. The summed E-state index contributed by atoms with van der Waals surface area (Å²) in [5.74, 6) is 1.14. The molecule has 0 bridgehead atoms. The molecule has 0 spiro atoms. The first-order chi connectivity index (χ1) is 8.45. The van der Waals surface area contributed by atoms with Crippen LogP contribution in [0.5, 0.6) is 5.75 Å². The highest BCUT2D eigenvalue weighted by Crippen LogP contribution is 2.30. The van der Waals surface area contributed by atoms with E-state index in [1.165, 1.54) is 5.56 Å². The summed E-state index contributed by atoms with van der Waals surface area (Å²) in [5, 5.41) is 18.2. The number of rotatable bonds is 4. The number of hydrogen-bond acceptors (Lipinski definition) is 3. The molecule has 0 aliphatic heterocycles. The largest absolute Gasteiger partial charge is 0.496 e. The molecule has 0 aliphatic rings. The van der Waals surface area contributed by atoms with Crippen LogP contribution in [0.2, 0.25) is 0 Å². The molecule has 3 nitrogen and oxygen atoms in total. The molecule has 0 aliphatic carbocycles. The van der Waals surface area contributed by atoms with E-state index in [9.17, 15) is 0 Å². The van der Waals surface area contributed by atoms with Gasteiger partial charge in [-0.15, -0.1) is 0 Å². The van der Waals surface area contributed by atoms with Crippen LogP contribution in [0.15, 0.2) is 18.2 Å². The first-order valence-corrected chi connectivity index (χ1v) is 5.95. The van der Waals surface area contributed by atoms with Gasteiger partial charge in [-0.3, -0.25) is 0 Å². The average molecular weight is 242 g/mol. The Hall–Kier alpha value is -2.00. The zero-order chi connectivity index (χ0) is 13.8. The molecule has 1 aromatic rings. The molecule has 0 N–H and O–H groups in total. The lowest BCUT2D eigenvalue weighted by molar-refractivity contribution is 0.404. The van der Waals surface area contributed by atoms with Crippen LogP contribution in [-0.4, -0.2) is 7.11 Å². The van der Waals surface area contributed by atoms with Crippen molar-refractivity contribution in [1.29, 1.82) is 10.5 Å². The number of methoxy groups -OCH3 is 1. The molecule has 0 saturated carbocycles. The van der Waals surface area contributed by atoms with E-state index in [0.717, 1.165) is 11.3 Å². The van der Waals surface area contributed by atoms with Crippen molar-refractivity contribution in [3.63, 3.8) is 0 Å². The van der Waals surface area contributed by atoms with Gasteiger partial charge in [0, 0.05) is 6.42 Å². The lowest BCUT2D eigenvalue weighted by atomic mass is 9.85. The summed E-state index contributed by atoms with van der Waals surface area (Å²) >= 11 is 0. The van der Waals surface area contributed by atoms with Gasteiger partial charge in [-0.2, -0.15) is 10.5 Å². The number of nitrogens with zero attached hydrogens (tertiary/aromatic N) is 2. The predicted molar refractivity (Wildman–Crippen MR) is 70.1 cm³/mol. The van der Waals surface area contributed by atoms with Crippen LogP contribution in [0.25, 0.3) is 0 Å². The van der Waals surface area contributed by atoms with Crippen LogP contribution in [0.4, 0.5) is 0 Å². The first-order valence-electron chi connectivity index (χ1n) is 5.95. The fraction of sp³-hybridized carbons (Fsp3) is 0.467. The van der Waals surface area contributed by atoms with Gasteiger partial charge in [0.25, 0.3) is 0 Å². The first kappa shape index (κ1) is 14.1. The van der Waals surface area contributed by atoms with Crippen LogP contribution in [-0.2, 0) is 6.42 Å². The molecule has 0 fully saturated rings. The van der Waals surface area contributed by atoms with Crippen LogP contribution >= 0.6 is 0 Å². The lowest BCUT2D eigenvalue weighted by Crippen LogP contribution is -2.15. The van der Waals surface area contributed by atoms with Crippen molar-refractivity contribution in [2.75, 3.05) is 7.11 Å². The Kier molecular flexibility index (Phi) is 4.34. The van der Waals surface area contributed by atoms with E-state index in [4.69, 9.17) is 15.3 Å². The minimum atomic E-state index is -1.01. The highest BCUT2D eigenvalue weighted by molar-refractivity contribution is 5.40. The Bertz CT molecular complexity index is 492. The number of nitriles is 2. The highest BCUT2D eigenvalue weighted by atomic mass is 16.5. The Balaban J connectivity index is 3.18. The summed E-state index contributed by atoms with van der Waals surface area (Å²) in [5.41, 5.74) is 1.08. The van der Waals surface area contributed by atoms with Gasteiger partial charge in [-0.25, -0.2) is 0 Å². The second-order valence-electron chi connectivity index (χ2n) is 4.96. The van der Waals surface area contributed by atoms with Gasteiger partial charge in [-0.1, -0.05) is 26.0 Å². The van der Waals surface area contributed by atoms with Gasteiger partial charge in [0.05, 0.1) is 19.2 Å². The Morgan fingerprint density at radius 1 is 1.28 bits per heavy atom. The fourth-order valence-corrected chi connectivity index (χ4v) is 1.78. The van der Waals surface area contributed by atoms with Gasteiger partial charge in [0.2, 0.25) is 0 Å². The van der Waals surface area contributed by atoms with Crippen molar-refractivity contribution >= 4 is 0 Å². The van der Waals surface area contributed by atoms with Crippen molar-refractivity contribution in [3.8, 4) is 17.9 Å². The molecule has 18 heavy (non-hydrogen) atoms. The third kappa shape index (κ3) is 3.02. The zero-order valence-electron chi connectivity index (χ0n) is 11.3. The van der Waals surface area contributed by atoms with Gasteiger partial charge < -0.3 is 4.74 Å². The van der Waals surface area contributed by atoms with Crippen LogP contribution in [0, 0.1) is 28.1 Å². The quantitative estimate of drug-likeness (QED) is 0.812. The third-order valence-electron chi connectivity index (χ3n) is 3.01. The number of hydrogen-bond donors (Lipinski definition) is 0. The topological polar surface area (TPSA) is 56.8 Å². The summed E-state index contributed by atoms with van der Waals surface area (Å²) in [6.45, 7) is 5.87. The Labute approximate surface area is 109 Å². The molecule has 0 heterocycles. The van der Waals surface area contributed by atoms with Crippen LogP contribution < -0.4 is 4.74 Å². The monoisotopic (exact) mass is 242 g/mol. The summed E-state index contributed by atoms with van der Waals surface area (Å²) in [7, 11) is 1.60. The van der Waals surface area contributed by atoms with Crippen molar-refractivity contribution in [3.05, 3.63) is 29.3 Å². The molecule has 0 atom stereocenters. The van der Waals surface area contributed by atoms with Gasteiger partial charge in [0.15, 0.2) is 0 Å². The standard InChI is InChI=1S/C15H18N2O/c1-11(2)12-5-6-14(18-4)13(7-12)8-15(3,9-16)10-17/h5-7,11H,8H2,1-4H3. The van der Waals surface area contributed by atoms with Gasteiger partial charge in [0.1, 0.15) is 11.2 Å². The third-order valence-corrected chi connectivity index (χ3v) is 3.01. The van der Waals surface area contributed by atoms with Crippen molar-refractivity contribution < 1.29 is 4.74 Å². The Morgan fingerprint density at radius 2 is 1.89 bits per heavy atom. The maximum Gasteiger partial charge on any atom is 0.145 e. The van der Waals surface area contributed by atoms with E-state index in [0.29, 0.717) is 12.3 Å². The second kappa shape index (κ2) is 5.56. The zero-order valence-corrected chi connectivity index (χ0v) is 11.3. The SMILES string of the molecule is COc1ccc(C(C)C)cc1CC(C)(C#N)C#N. The molecular weight excluding hydrogens is 224 g/mol. The fourth-order valence-electron chi connectivity index (χ4n) is 1.78. The molecule has 1 rings (SSSR count). The molecule has 0 saturated heterocycles. The summed E-state index contributed by atoms with van der Waals surface area (Å²) in [4.78, 5) is 0. The minimum absolute atomic E-state index is 0.379. The summed E-state index contributed by atoms with van der Waals surface area (Å²) in [6.07, 6.45) is 0.379. The highest BCUT2D eigenvalue weighted by Gasteiger charge is 2.25. The van der Waals surface area contributed by atoms with Crippen LogP contribution in [0.3, 0.4) is 0 Å². The van der Waals surface area contributed by atoms with E-state index in [1.807, 2.05) is 18.2 Å². The van der Waals surface area contributed by atoms with Gasteiger partial charge >= 0.3 is 0 Å².